The Labute approximate surface area is 147 Å². The van der Waals surface area contributed by atoms with Gasteiger partial charge in [0.25, 0.3) is 0 Å². The molecule has 3 aromatic rings. The van der Waals surface area contributed by atoms with Gasteiger partial charge in [0.1, 0.15) is 24.7 Å². The molecule has 25 heavy (non-hydrogen) atoms. The van der Waals surface area contributed by atoms with Crippen LogP contribution in [-0.4, -0.2) is 22.1 Å². The van der Waals surface area contributed by atoms with Gasteiger partial charge >= 0.3 is 5.97 Å². The average Bonchev–Trinajstić information content (AvgIpc) is 2.94. The van der Waals surface area contributed by atoms with E-state index in [4.69, 9.17) is 9.47 Å². The summed E-state index contributed by atoms with van der Waals surface area (Å²) in [6.45, 7) is 6.62. The van der Waals surface area contributed by atoms with Gasteiger partial charge < -0.3 is 14.0 Å². The minimum Gasteiger partial charge on any atom is -0.485 e. The number of aryl methyl sites for hydroxylation is 2. The van der Waals surface area contributed by atoms with Crippen molar-refractivity contribution in [1.82, 2.24) is 9.55 Å². The quantitative estimate of drug-likeness (QED) is 0.642. The molecule has 0 spiro atoms. The number of para-hydroxylation sites is 2. The summed E-state index contributed by atoms with van der Waals surface area (Å²) in [5.41, 5.74) is 3.95. The molecule has 0 aliphatic carbocycles. The molecule has 1 heterocycles. The van der Waals surface area contributed by atoms with Crippen molar-refractivity contribution < 1.29 is 14.3 Å². The number of rotatable bonds is 6. The topological polar surface area (TPSA) is 53.4 Å². The molecule has 0 saturated carbocycles. The van der Waals surface area contributed by atoms with Crippen molar-refractivity contribution in [3.05, 3.63) is 59.4 Å². The maximum Gasteiger partial charge on any atom is 0.326 e. The lowest BCUT2D eigenvalue weighted by Crippen LogP contribution is -2.16. The minimum absolute atomic E-state index is 0.125. The fourth-order valence-corrected chi connectivity index (χ4v) is 2.75. The van der Waals surface area contributed by atoms with Gasteiger partial charge in [-0.25, -0.2) is 4.98 Å². The van der Waals surface area contributed by atoms with E-state index < -0.39 is 0 Å². The van der Waals surface area contributed by atoms with E-state index in [0.29, 0.717) is 19.0 Å². The highest BCUT2D eigenvalue weighted by molar-refractivity contribution is 5.78. The molecule has 5 nitrogen and oxygen atoms in total. The van der Waals surface area contributed by atoms with E-state index in [9.17, 15) is 4.79 Å². The average molecular weight is 338 g/mol. The molecule has 0 saturated heterocycles. The summed E-state index contributed by atoms with van der Waals surface area (Å²) < 4.78 is 12.9. The zero-order chi connectivity index (χ0) is 17.8. The van der Waals surface area contributed by atoms with Crippen LogP contribution in [-0.2, 0) is 22.7 Å². The van der Waals surface area contributed by atoms with E-state index >= 15 is 0 Å². The van der Waals surface area contributed by atoms with Gasteiger partial charge in [0, 0.05) is 0 Å². The lowest BCUT2D eigenvalue weighted by atomic mass is 10.1. The van der Waals surface area contributed by atoms with Gasteiger partial charge in [-0.05, 0) is 50.1 Å². The van der Waals surface area contributed by atoms with Gasteiger partial charge in [-0.2, -0.15) is 0 Å². The SMILES string of the molecule is CCOC(=O)Cn1c(COc2cc(C)ccc2C)nc2ccccc21. The summed E-state index contributed by atoms with van der Waals surface area (Å²) in [6, 6.07) is 13.8. The van der Waals surface area contributed by atoms with Crippen molar-refractivity contribution in [2.45, 2.75) is 33.9 Å². The maximum atomic E-state index is 12.0. The van der Waals surface area contributed by atoms with Crippen molar-refractivity contribution >= 4 is 17.0 Å². The van der Waals surface area contributed by atoms with Crippen LogP contribution in [0.25, 0.3) is 11.0 Å². The number of fused-ring (bicyclic) bond motifs is 1. The predicted octanol–water partition coefficient (Wildman–Crippen LogP) is 3.80. The Hall–Kier alpha value is -2.82. The number of nitrogens with zero attached hydrogens (tertiary/aromatic N) is 2. The van der Waals surface area contributed by atoms with Crippen molar-refractivity contribution in [1.29, 1.82) is 0 Å². The zero-order valence-corrected chi connectivity index (χ0v) is 14.8. The Morgan fingerprint density at radius 2 is 1.96 bits per heavy atom. The molecule has 5 heteroatoms. The monoisotopic (exact) mass is 338 g/mol. The van der Waals surface area contributed by atoms with Gasteiger partial charge in [0.2, 0.25) is 0 Å². The molecule has 0 aliphatic heterocycles. The molecule has 0 atom stereocenters. The van der Waals surface area contributed by atoms with Gasteiger partial charge in [0.05, 0.1) is 17.6 Å². The number of carbonyl (C=O) groups is 1. The first-order valence-corrected chi connectivity index (χ1v) is 8.38. The number of ether oxygens (including phenoxy) is 2. The first kappa shape index (κ1) is 17.0. The standard InChI is InChI=1S/C20H22N2O3/c1-4-24-20(23)12-22-17-8-6-5-7-16(17)21-19(22)13-25-18-11-14(2)9-10-15(18)3/h5-11H,4,12-13H2,1-3H3. The van der Waals surface area contributed by atoms with Crippen molar-refractivity contribution in [3.63, 3.8) is 0 Å². The molecule has 0 unspecified atom stereocenters. The molecular weight excluding hydrogens is 316 g/mol. The Balaban J connectivity index is 1.89. The van der Waals surface area contributed by atoms with Crippen LogP contribution in [0.1, 0.15) is 23.9 Å². The lowest BCUT2D eigenvalue weighted by molar-refractivity contribution is -0.143. The van der Waals surface area contributed by atoms with Crippen LogP contribution in [0.5, 0.6) is 5.75 Å². The molecule has 0 radical (unpaired) electrons. The smallest absolute Gasteiger partial charge is 0.326 e. The number of hydrogen-bond donors (Lipinski definition) is 0. The summed E-state index contributed by atoms with van der Waals surface area (Å²) in [5, 5.41) is 0. The number of imidazole rings is 1. The number of esters is 1. The van der Waals surface area contributed by atoms with Gasteiger partial charge in [-0.1, -0.05) is 24.3 Å². The van der Waals surface area contributed by atoms with E-state index in [-0.39, 0.29) is 12.5 Å². The van der Waals surface area contributed by atoms with Crippen LogP contribution in [0.2, 0.25) is 0 Å². The van der Waals surface area contributed by atoms with Crippen LogP contribution < -0.4 is 4.74 Å². The molecule has 0 fully saturated rings. The fraction of sp³-hybridized carbons (Fsp3) is 0.300. The van der Waals surface area contributed by atoms with Crippen LogP contribution in [0.15, 0.2) is 42.5 Å². The van der Waals surface area contributed by atoms with E-state index in [0.717, 1.165) is 27.9 Å². The van der Waals surface area contributed by atoms with Gasteiger partial charge in [0.15, 0.2) is 0 Å². The zero-order valence-electron chi connectivity index (χ0n) is 14.8. The summed E-state index contributed by atoms with van der Waals surface area (Å²) >= 11 is 0. The van der Waals surface area contributed by atoms with Crippen LogP contribution in [0, 0.1) is 13.8 Å². The molecule has 0 amide bonds. The molecule has 1 aromatic heterocycles. The van der Waals surface area contributed by atoms with Crippen LogP contribution >= 0.6 is 0 Å². The summed E-state index contributed by atoms with van der Waals surface area (Å²) in [7, 11) is 0. The Morgan fingerprint density at radius 3 is 2.76 bits per heavy atom. The van der Waals surface area contributed by atoms with Crippen molar-refractivity contribution in [2.75, 3.05) is 6.61 Å². The number of benzene rings is 2. The third-order valence-corrected chi connectivity index (χ3v) is 4.03. The Morgan fingerprint density at radius 1 is 1.16 bits per heavy atom. The number of carbonyl (C=O) groups excluding carboxylic acids is 1. The molecule has 0 bridgehead atoms. The first-order chi connectivity index (χ1) is 12.1. The highest BCUT2D eigenvalue weighted by Gasteiger charge is 2.15. The summed E-state index contributed by atoms with van der Waals surface area (Å²) in [4.78, 5) is 16.6. The van der Waals surface area contributed by atoms with E-state index in [1.807, 2.05) is 54.8 Å². The molecule has 0 N–H and O–H groups in total. The second-order valence-electron chi connectivity index (χ2n) is 5.97. The van der Waals surface area contributed by atoms with E-state index in [2.05, 4.69) is 11.1 Å². The second-order valence-corrected chi connectivity index (χ2v) is 5.97. The normalized spacial score (nSPS) is 10.8. The van der Waals surface area contributed by atoms with Gasteiger partial charge in [-0.15, -0.1) is 0 Å². The van der Waals surface area contributed by atoms with Crippen LogP contribution in [0.4, 0.5) is 0 Å². The van der Waals surface area contributed by atoms with Crippen molar-refractivity contribution in [2.24, 2.45) is 0 Å². The van der Waals surface area contributed by atoms with Crippen LogP contribution in [0.3, 0.4) is 0 Å². The number of hydrogen-bond acceptors (Lipinski definition) is 4. The largest absolute Gasteiger partial charge is 0.485 e. The molecular formula is C20H22N2O3. The fourth-order valence-electron chi connectivity index (χ4n) is 2.75. The molecule has 130 valence electrons. The Bertz CT molecular complexity index is 899. The molecule has 2 aromatic carbocycles. The third-order valence-electron chi connectivity index (χ3n) is 4.03. The minimum atomic E-state index is -0.279. The first-order valence-electron chi connectivity index (χ1n) is 8.38. The highest BCUT2D eigenvalue weighted by atomic mass is 16.5. The van der Waals surface area contributed by atoms with E-state index in [1.165, 1.54) is 0 Å². The molecule has 3 rings (SSSR count). The predicted molar refractivity (Wildman–Crippen MR) is 96.6 cm³/mol. The maximum absolute atomic E-state index is 12.0. The van der Waals surface area contributed by atoms with Crippen molar-refractivity contribution in [3.8, 4) is 5.75 Å². The lowest BCUT2D eigenvalue weighted by Gasteiger charge is -2.12. The summed E-state index contributed by atoms with van der Waals surface area (Å²) in [5.74, 6) is 1.25. The Kier molecular flexibility index (Phi) is 5.03. The number of aromatic nitrogens is 2. The second kappa shape index (κ2) is 7.38. The molecule has 0 aliphatic rings. The van der Waals surface area contributed by atoms with Gasteiger partial charge in [-0.3, -0.25) is 4.79 Å². The van der Waals surface area contributed by atoms with E-state index in [1.54, 1.807) is 6.92 Å². The highest BCUT2D eigenvalue weighted by Crippen LogP contribution is 2.22. The summed E-state index contributed by atoms with van der Waals surface area (Å²) in [6.07, 6.45) is 0. The third kappa shape index (κ3) is 3.82.